The molecule has 0 unspecified atom stereocenters. The molecule has 0 spiro atoms. The minimum atomic E-state index is -0.691. The molecule has 0 aliphatic carbocycles. The minimum absolute atomic E-state index is 0.0542. The molecule has 0 radical (unpaired) electrons. The number of carbonyl (C=O) groups is 1. The third-order valence-electron chi connectivity index (χ3n) is 3.77. The summed E-state index contributed by atoms with van der Waals surface area (Å²) in [5.41, 5.74) is 3.31. The van der Waals surface area contributed by atoms with Gasteiger partial charge in [0.05, 0.1) is 5.41 Å². The van der Waals surface area contributed by atoms with Gasteiger partial charge in [0.25, 0.3) is 0 Å². The third kappa shape index (κ3) is 2.93. The normalized spacial score (nSPS) is 11.3. The number of nitrogens with one attached hydrogen (secondary N) is 1. The Morgan fingerprint density at radius 2 is 1.90 bits per heavy atom. The Morgan fingerprint density at radius 1 is 1.24 bits per heavy atom. The van der Waals surface area contributed by atoms with Crippen LogP contribution >= 0.6 is 11.6 Å². The summed E-state index contributed by atoms with van der Waals surface area (Å²) < 4.78 is 0. The number of amides is 1. The minimum Gasteiger partial charge on any atom is -0.358 e. The lowest BCUT2D eigenvalue weighted by molar-refractivity contribution is -0.125. The van der Waals surface area contributed by atoms with Crippen LogP contribution in [0.3, 0.4) is 0 Å². The summed E-state index contributed by atoms with van der Waals surface area (Å²) in [6, 6.07) is 9.87. The van der Waals surface area contributed by atoms with E-state index in [4.69, 9.17) is 11.6 Å². The third-order valence-corrected chi connectivity index (χ3v) is 3.98. The number of benzene rings is 1. The Balaban J connectivity index is 2.70. The number of halogens is 1. The Bertz CT molecular complexity index is 680. The van der Waals surface area contributed by atoms with Crippen molar-refractivity contribution in [3.8, 4) is 11.1 Å². The molecule has 21 heavy (non-hydrogen) atoms. The lowest BCUT2D eigenvalue weighted by Gasteiger charge is -2.26. The number of aryl methyl sites for hydroxylation is 1. The van der Waals surface area contributed by atoms with Crippen molar-refractivity contribution < 1.29 is 4.79 Å². The Morgan fingerprint density at radius 3 is 2.52 bits per heavy atom. The quantitative estimate of drug-likeness (QED) is 0.878. The number of aromatic nitrogens is 1. The Kier molecular flexibility index (Phi) is 4.33. The van der Waals surface area contributed by atoms with Gasteiger partial charge >= 0.3 is 0 Å². The molecule has 0 aliphatic heterocycles. The van der Waals surface area contributed by atoms with E-state index in [2.05, 4.69) is 10.3 Å². The highest BCUT2D eigenvalue weighted by atomic mass is 35.5. The van der Waals surface area contributed by atoms with Gasteiger partial charge in [0.1, 0.15) is 5.15 Å². The summed E-state index contributed by atoms with van der Waals surface area (Å²) in [5.74, 6) is -0.0542. The van der Waals surface area contributed by atoms with E-state index in [1.807, 2.05) is 51.1 Å². The predicted octanol–water partition coefficient (Wildman–Crippen LogP) is 3.73. The largest absolute Gasteiger partial charge is 0.358 e. The van der Waals surface area contributed by atoms with Crippen molar-refractivity contribution in [2.45, 2.75) is 26.2 Å². The predicted molar refractivity (Wildman–Crippen MR) is 86.5 cm³/mol. The van der Waals surface area contributed by atoms with Crippen LogP contribution in [0, 0.1) is 6.92 Å². The maximum absolute atomic E-state index is 12.2. The van der Waals surface area contributed by atoms with Gasteiger partial charge in [0.15, 0.2) is 0 Å². The van der Waals surface area contributed by atoms with Crippen molar-refractivity contribution in [1.29, 1.82) is 0 Å². The molecule has 1 heterocycles. The fourth-order valence-electron chi connectivity index (χ4n) is 2.46. The van der Waals surface area contributed by atoms with Crippen LogP contribution in [0.1, 0.15) is 25.0 Å². The SMILES string of the molecule is CNC(=O)C(C)(C)c1cnc(Cl)cc1-c1ccccc1C. The number of hydrogen-bond donors (Lipinski definition) is 1. The first-order valence-electron chi connectivity index (χ1n) is 6.82. The molecule has 0 bridgehead atoms. The van der Waals surface area contributed by atoms with Crippen LogP contribution in [0.4, 0.5) is 0 Å². The van der Waals surface area contributed by atoms with Gasteiger partial charge in [-0.15, -0.1) is 0 Å². The molecule has 0 fully saturated rings. The number of carbonyl (C=O) groups excluding carboxylic acids is 1. The van der Waals surface area contributed by atoms with Crippen LogP contribution < -0.4 is 5.32 Å². The van der Waals surface area contributed by atoms with Crippen LogP contribution in [-0.4, -0.2) is 17.9 Å². The van der Waals surface area contributed by atoms with E-state index in [9.17, 15) is 4.79 Å². The zero-order valence-corrected chi connectivity index (χ0v) is 13.5. The van der Waals surface area contributed by atoms with E-state index < -0.39 is 5.41 Å². The summed E-state index contributed by atoms with van der Waals surface area (Å²) in [6.07, 6.45) is 1.69. The first kappa shape index (κ1) is 15.5. The fraction of sp³-hybridized carbons (Fsp3) is 0.294. The number of rotatable bonds is 3. The van der Waals surface area contributed by atoms with E-state index in [0.29, 0.717) is 5.15 Å². The summed E-state index contributed by atoms with van der Waals surface area (Å²) in [6.45, 7) is 5.82. The highest BCUT2D eigenvalue weighted by Gasteiger charge is 2.32. The molecule has 4 heteroatoms. The maximum atomic E-state index is 12.2. The van der Waals surface area contributed by atoms with Gasteiger partial charge < -0.3 is 5.32 Å². The maximum Gasteiger partial charge on any atom is 0.229 e. The zero-order chi connectivity index (χ0) is 15.6. The lowest BCUT2D eigenvalue weighted by atomic mass is 9.80. The Hall–Kier alpha value is -1.87. The molecular weight excluding hydrogens is 284 g/mol. The second-order valence-electron chi connectivity index (χ2n) is 5.57. The lowest BCUT2D eigenvalue weighted by Crippen LogP contribution is -2.38. The molecular formula is C17H19ClN2O. The fourth-order valence-corrected chi connectivity index (χ4v) is 2.62. The van der Waals surface area contributed by atoms with Gasteiger partial charge in [-0.05, 0) is 49.1 Å². The topological polar surface area (TPSA) is 42.0 Å². The number of nitrogens with zero attached hydrogens (tertiary/aromatic N) is 1. The van der Waals surface area contributed by atoms with Gasteiger partial charge in [-0.2, -0.15) is 0 Å². The van der Waals surface area contributed by atoms with Crippen molar-refractivity contribution in [3.63, 3.8) is 0 Å². The molecule has 0 atom stereocenters. The Labute approximate surface area is 130 Å². The smallest absolute Gasteiger partial charge is 0.229 e. The van der Waals surface area contributed by atoms with Crippen molar-refractivity contribution in [1.82, 2.24) is 10.3 Å². The number of pyridine rings is 1. The van der Waals surface area contributed by atoms with E-state index in [1.54, 1.807) is 13.2 Å². The highest BCUT2D eigenvalue weighted by Crippen LogP contribution is 2.35. The monoisotopic (exact) mass is 302 g/mol. The van der Waals surface area contributed by atoms with Crippen LogP contribution in [0.25, 0.3) is 11.1 Å². The van der Waals surface area contributed by atoms with E-state index in [-0.39, 0.29) is 5.91 Å². The first-order valence-corrected chi connectivity index (χ1v) is 7.20. The zero-order valence-electron chi connectivity index (χ0n) is 12.7. The summed E-state index contributed by atoms with van der Waals surface area (Å²) in [5, 5.41) is 3.13. The molecule has 3 nitrogen and oxygen atoms in total. The molecule has 2 aromatic rings. The highest BCUT2D eigenvalue weighted by molar-refractivity contribution is 6.29. The average Bonchev–Trinajstić information content (AvgIpc) is 2.46. The average molecular weight is 303 g/mol. The number of hydrogen-bond acceptors (Lipinski definition) is 2. The summed E-state index contributed by atoms with van der Waals surface area (Å²) in [4.78, 5) is 16.4. The molecule has 0 aliphatic rings. The van der Waals surface area contributed by atoms with Gasteiger partial charge in [-0.25, -0.2) is 4.98 Å². The van der Waals surface area contributed by atoms with E-state index in [1.165, 1.54) is 0 Å². The molecule has 1 aromatic carbocycles. The van der Waals surface area contributed by atoms with Crippen LogP contribution in [0.15, 0.2) is 36.5 Å². The van der Waals surface area contributed by atoms with Gasteiger partial charge in [-0.1, -0.05) is 35.9 Å². The molecule has 1 N–H and O–H groups in total. The van der Waals surface area contributed by atoms with Crippen molar-refractivity contribution in [2.24, 2.45) is 0 Å². The van der Waals surface area contributed by atoms with E-state index in [0.717, 1.165) is 22.3 Å². The first-order chi connectivity index (χ1) is 9.87. The van der Waals surface area contributed by atoms with Crippen molar-refractivity contribution in [3.05, 3.63) is 52.8 Å². The number of likely N-dealkylation sites (N-methyl/N-ethyl adjacent to an activating group) is 1. The molecule has 2 rings (SSSR count). The van der Waals surface area contributed by atoms with Gasteiger partial charge in [-0.3, -0.25) is 4.79 Å². The molecule has 1 aromatic heterocycles. The second kappa shape index (κ2) is 5.86. The van der Waals surface area contributed by atoms with Crippen LogP contribution in [0.5, 0.6) is 0 Å². The van der Waals surface area contributed by atoms with Crippen molar-refractivity contribution >= 4 is 17.5 Å². The standard InChI is InChI=1S/C17H19ClN2O/c1-11-7-5-6-8-12(11)13-9-15(18)20-10-14(13)17(2,3)16(21)19-4/h5-10H,1-4H3,(H,19,21). The van der Waals surface area contributed by atoms with Crippen LogP contribution in [0.2, 0.25) is 5.15 Å². The van der Waals surface area contributed by atoms with Gasteiger partial charge in [0.2, 0.25) is 5.91 Å². The van der Waals surface area contributed by atoms with Crippen LogP contribution in [-0.2, 0) is 10.2 Å². The molecule has 110 valence electrons. The summed E-state index contributed by atoms with van der Waals surface area (Å²) in [7, 11) is 1.64. The molecule has 1 amide bonds. The molecule has 0 saturated carbocycles. The molecule has 0 saturated heterocycles. The van der Waals surface area contributed by atoms with Crippen molar-refractivity contribution in [2.75, 3.05) is 7.05 Å². The second-order valence-corrected chi connectivity index (χ2v) is 5.96. The van der Waals surface area contributed by atoms with Gasteiger partial charge in [0, 0.05) is 13.2 Å². The summed E-state index contributed by atoms with van der Waals surface area (Å²) >= 11 is 6.07. The van der Waals surface area contributed by atoms with E-state index >= 15 is 0 Å².